The number of hydrogen-bond donors (Lipinski definition) is 1. The highest BCUT2D eigenvalue weighted by atomic mass is 16.2. The van der Waals surface area contributed by atoms with Gasteiger partial charge in [-0.1, -0.05) is 24.6 Å². The van der Waals surface area contributed by atoms with Crippen molar-refractivity contribution in [2.24, 2.45) is 5.92 Å². The first-order valence-corrected chi connectivity index (χ1v) is 8.71. The Morgan fingerprint density at radius 2 is 1.83 bits per heavy atom. The number of piperidine rings is 1. The minimum absolute atomic E-state index is 0.276. The van der Waals surface area contributed by atoms with Crippen molar-refractivity contribution in [1.29, 1.82) is 0 Å². The van der Waals surface area contributed by atoms with Gasteiger partial charge in [0.05, 0.1) is 5.52 Å². The van der Waals surface area contributed by atoms with E-state index in [0.717, 1.165) is 50.1 Å². The average Bonchev–Trinajstić information content (AvgIpc) is 2.53. The number of benzene rings is 1. The lowest BCUT2D eigenvalue weighted by molar-refractivity contribution is -0.128. The van der Waals surface area contributed by atoms with E-state index in [1.54, 1.807) is 0 Å². The van der Waals surface area contributed by atoms with Gasteiger partial charge in [-0.05, 0) is 43.9 Å². The van der Waals surface area contributed by atoms with Gasteiger partial charge in [0.15, 0.2) is 0 Å². The van der Waals surface area contributed by atoms with Crippen molar-refractivity contribution in [3.05, 3.63) is 36.4 Å². The molecule has 0 atom stereocenters. The molecule has 2 heterocycles. The molecule has 1 aliphatic carbocycles. The van der Waals surface area contributed by atoms with Crippen LogP contribution >= 0.6 is 0 Å². The molecule has 4 rings (SSSR count). The van der Waals surface area contributed by atoms with E-state index in [1.807, 2.05) is 12.1 Å². The molecule has 1 aromatic carbocycles. The number of pyridine rings is 1. The van der Waals surface area contributed by atoms with Crippen LogP contribution in [0, 0.1) is 5.92 Å². The minimum atomic E-state index is 0.276. The van der Waals surface area contributed by atoms with Crippen molar-refractivity contribution in [2.45, 2.75) is 38.1 Å². The van der Waals surface area contributed by atoms with Crippen molar-refractivity contribution >= 4 is 22.6 Å². The Balaban J connectivity index is 1.37. The van der Waals surface area contributed by atoms with Crippen LogP contribution in [0.15, 0.2) is 36.4 Å². The van der Waals surface area contributed by atoms with E-state index in [2.05, 4.69) is 34.5 Å². The van der Waals surface area contributed by atoms with Crippen molar-refractivity contribution < 1.29 is 4.79 Å². The van der Waals surface area contributed by atoms with E-state index < -0.39 is 0 Å². The van der Waals surface area contributed by atoms with E-state index in [1.165, 1.54) is 11.8 Å². The van der Waals surface area contributed by atoms with Crippen LogP contribution in [-0.2, 0) is 4.79 Å². The molecule has 0 radical (unpaired) electrons. The monoisotopic (exact) mass is 309 g/mol. The second-order valence-electron chi connectivity index (χ2n) is 6.76. The molecular formula is C19H23N3O. The number of hydrogen-bond acceptors (Lipinski definition) is 3. The zero-order valence-electron chi connectivity index (χ0n) is 13.4. The van der Waals surface area contributed by atoms with Crippen LogP contribution in [0.4, 0.5) is 5.82 Å². The molecule has 120 valence electrons. The van der Waals surface area contributed by atoms with Crippen molar-refractivity contribution in [3.8, 4) is 0 Å². The topological polar surface area (TPSA) is 45.2 Å². The molecule has 4 heteroatoms. The smallest absolute Gasteiger partial charge is 0.223 e. The Bertz CT molecular complexity index is 703. The second kappa shape index (κ2) is 6.19. The first kappa shape index (κ1) is 14.5. The summed E-state index contributed by atoms with van der Waals surface area (Å²) in [5.74, 6) is 1.61. The Kier molecular flexibility index (Phi) is 3.90. The number of nitrogens with zero attached hydrogens (tertiary/aromatic N) is 2. The lowest BCUT2D eigenvalue weighted by atomic mass is 9.84. The number of carbonyl (C=O) groups excluding carboxylic acids is 1. The van der Waals surface area contributed by atoms with Crippen LogP contribution in [0.25, 0.3) is 10.9 Å². The van der Waals surface area contributed by atoms with Crippen LogP contribution in [0.1, 0.15) is 32.1 Å². The van der Waals surface area contributed by atoms with Crippen LogP contribution in [0.3, 0.4) is 0 Å². The maximum absolute atomic E-state index is 12.1. The molecule has 0 spiro atoms. The third-order valence-corrected chi connectivity index (χ3v) is 5.23. The van der Waals surface area contributed by atoms with Gasteiger partial charge < -0.3 is 10.2 Å². The standard InChI is InChI=1S/C19H23N3O/c23-19(15-5-3-6-15)20-16-10-12-22(13-11-16)18-9-8-14-4-1-2-7-17(14)21-18/h1-2,4,7-9,15-16H,3,5-6,10-13H2,(H,20,23). The fourth-order valence-corrected chi connectivity index (χ4v) is 3.47. The molecular weight excluding hydrogens is 286 g/mol. The number of carbonyl (C=O) groups is 1. The van der Waals surface area contributed by atoms with Crippen LogP contribution in [0.2, 0.25) is 0 Å². The maximum atomic E-state index is 12.1. The Labute approximate surface area is 136 Å². The predicted molar refractivity (Wildman–Crippen MR) is 92.5 cm³/mol. The lowest BCUT2D eigenvalue weighted by Crippen LogP contribution is -2.47. The van der Waals surface area contributed by atoms with E-state index >= 15 is 0 Å². The maximum Gasteiger partial charge on any atom is 0.223 e. The molecule has 1 saturated carbocycles. The molecule has 2 fully saturated rings. The summed E-state index contributed by atoms with van der Waals surface area (Å²) in [5.41, 5.74) is 1.05. The molecule has 1 N–H and O–H groups in total. The molecule has 0 bridgehead atoms. The lowest BCUT2D eigenvalue weighted by Gasteiger charge is -2.34. The van der Waals surface area contributed by atoms with Crippen LogP contribution in [0.5, 0.6) is 0 Å². The first-order valence-electron chi connectivity index (χ1n) is 8.71. The Hall–Kier alpha value is -2.10. The number of amides is 1. The van der Waals surface area contributed by atoms with Gasteiger partial charge in [-0.2, -0.15) is 0 Å². The van der Waals surface area contributed by atoms with Gasteiger partial charge in [0, 0.05) is 30.4 Å². The number of aromatic nitrogens is 1. The first-order chi connectivity index (χ1) is 11.3. The average molecular weight is 309 g/mol. The Morgan fingerprint density at radius 3 is 2.57 bits per heavy atom. The molecule has 1 aliphatic heterocycles. The van der Waals surface area contributed by atoms with Gasteiger partial charge in [0.2, 0.25) is 5.91 Å². The molecule has 1 amide bonds. The van der Waals surface area contributed by atoms with Gasteiger partial charge in [-0.15, -0.1) is 0 Å². The van der Waals surface area contributed by atoms with Gasteiger partial charge in [0.1, 0.15) is 5.82 Å². The number of nitrogens with one attached hydrogen (secondary N) is 1. The number of fused-ring (bicyclic) bond motifs is 1. The summed E-state index contributed by atoms with van der Waals surface area (Å²) in [6, 6.07) is 12.8. The highest BCUT2D eigenvalue weighted by Crippen LogP contribution is 2.27. The van der Waals surface area contributed by atoms with Crippen molar-refractivity contribution in [3.63, 3.8) is 0 Å². The third-order valence-electron chi connectivity index (χ3n) is 5.23. The zero-order valence-corrected chi connectivity index (χ0v) is 13.4. The summed E-state index contributed by atoms with van der Waals surface area (Å²) in [6.07, 6.45) is 5.38. The fourth-order valence-electron chi connectivity index (χ4n) is 3.47. The molecule has 1 saturated heterocycles. The highest BCUT2D eigenvalue weighted by molar-refractivity contribution is 5.80. The largest absolute Gasteiger partial charge is 0.356 e. The highest BCUT2D eigenvalue weighted by Gasteiger charge is 2.28. The summed E-state index contributed by atoms with van der Waals surface area (Å²) in [4.78, 5) is 19.2. The summed E-state index contributed by atoms with van der Waals surface area (Å²) in [5, 5.41) is 4.42. The molecule has 2 aliphatic rings. The second-order valence-corrected chi connectivity index (χ2v) is 6.76. The van der Waals surface area contributed by atoms with E-state index in [4.69, 9.17) is 4.98 Å². The van der Waals surface area contributed by atoms with Gasteiger partial charge in [0.25, 0.3) is 0 Å². The molecule has 1 aromatic heterocycles. The van der Waals surface area contributed by atoms with Gasteiger partial charge in [-0.25, -0.2) is 4.98 Å². The molecule has 23 heavy (non-hydrogen) atoms. The molecule has 4 nitrogen and oxygen atoms in total. The summed E-state index contributed by atoms with van der Waals surface area (Å²) in [6.45, 7) is 1.92. The van der Waals surface area contributed by atoms with E-state index in [0.29, 0.717) is 6.04 Å². The van der Waals surface area contributed by atoms with Crippen LogP contribution in [-0.4, -0.2) is 30.0 Å². The molecule has 0 unspecified atom stereocenters. The molecule has 2 aromatic rings. The summed E-state index contributed by atoms with van der Waals surface area (Å²) in [7, 11) is 0. The number of rotatable bonds is 3. The van der Waals surface area contributed by atoms with Crippen molar-refractivity contribution in [1.82, 2.24) is 10.3 Å². The third kappa shape index (κ3) is 3.03. The number of para-hydroxylation sites is 1. The SMILES string of the molecule is O=C(NC1CCN(c2ccc3ccccc3n2)CC1)C1CCC1. The zero-order chi connectivity index (χ0) is 15.6. The predicted octanol–water partition coefficient (Wildman–Crippen LogP) is 3.12. The van der Waals surface area contributed by atoms with E-state index in [9.17, 15) is 4.79 Å². The quantitative estimate of drug-likeness (QED) is 0.947. The Morgan fingerprint density at radius 1 is 1.04 bits per heavy atom. The summed E-state index contributed by atoms with van der Waals surface area (Å²) >= 11 is 0. The van der Waals surface area contributed by atoms with Crippen LogP contribution < -0.4 is 10.2 Å². The normalized spacial score (nSPS) is 19.6. The van der Waals surface area contributed by atoms with Gasteiger partial charge in [-0.3, -0.25) is 4.79 Å². The minimum Gasteiger partial charge on any atom is -0.356 e. The summed E-state index contributed by atoms with van der Waals surface area (Å²) < 4.78 is 0. The van der Waals surface area contributed by atoms with Gasteiger partial charge >= 0.3 is 0 Å². The van der Waals surface area contributed by atoms with Crippen molar-refractivity contribution in [2.75, 3.05) is 18.0 Å². The fraction of sp³-hybridized carbons (Fsp3) is 0.474. The van der Waals surface area contributed by atoms with E-state index in [-0.39, 0.29) is 11.8 Å². The number of anilines is 1.